The molecule has 0 saturated carbocycles. The molecule has 0 spiro atoms. The third-order valence-electron chi connectivity index (χ3n) is 1.74. The van der Waals surface area contributed by atoms with Crippen molar-refractivity contribution in [3.8, 4) is 0 Å². The van der Waals surface area contributed by atoms with Crippen LogP contribution in [0.5, 0.6) is 0 Å². The molecule has 0 rings (SSSR count). The Kier molecular flexibility index (Phi) is 5.70. The highest BCUT2D eigenvalue weighted by molar-refractivity contribution is 7.94. The fourth-order valence-electron chi connectivity index (χ4n) is 1.02. The van der Waals surface area contributed by atoms with Crippen LogP contribution in [0, 0.1) is 5.41 Å². The first kappa shape index (κ1) is 13.4. The van der Waals surface area contributed by atoms with Gasteiger partial charge in [0.25, 0.3) is 0 Å². The van der Waals surface area contributed by atoms with Crippen LogP contribution in [0.4, 0.5) is 0 Å². The van der Waals surface area contributed by atoms with Crippen molar-refractivity contribution in [1.82, 2.24) is 0 Å². The Bertz CT molecular complexity index is 244. The molecule has 0 aromatic carbocycles. The summed E-state index contributed by atoms with van der Waals surface area (Å²) in [6.07, 6.45) is 7.79. The van der Waals surface area contributed by atoms with E-state index in [1.807, 2.05) is 25.3 Å². The van der Waals surface area contributed by atoms with E-state index in [9.17, 15) is 0 Å². The van der Waals surface area contributed by atoms with E-state index in [4.69, 9.17) is 4.18 Å². The first-order valence-corrected chi connectivity index (χ1v) is 5.79. The lowest BCUT2D eigenvalue weighted by atomic mass is 9.86. The van der Waals surface area contributed by atoms with E-state index in [1.54, 1.807) is 0 Å². The highest BCUT2D eigenvalue weighted by atomic mass is 32.2. The van der Waals surface area contributed by atoms with Crippen molar-refractivity contribution in [3.63, 3.8) is 0 Å². The molecule has 0 aromatic heterocycles. The predicted molar refractivity (Wildman–Crippen MR) is 66.1 cm³/mol. The van der Waals surface area contributed by atoms with Gasteiger partial charge in [-0.1, -0.05) is 39.5 Å². The summed E-state index contributed by atoms with van der Waals surface area (Å²) in [5.74, 6) is 0.917. The van der Waals surface area contributed by atoms with Gasteiger partial charge in [0.15, 0.2) is 0 Å². The molecular weight excluding hydrogens is 192 g/mol. The summed E-state index contributed by atoms with van der Waals surface area (Å²) >= 11 is 1.36. The average Bonchev–Trinajstić information content (AvgIpc) is 2.02. The van der Waals surface area contributed by atoms with Gasteiger partial charge in [-0.05, 0) is 24.0 Å². The molecule has 0 aliphatic carbocycles. The van der Waals surface area contributed by atoms with Gasteiger partial charge in [0.1, 0.15) is 5.76 Å². The van der Waals surface area contributed by atoms with Gasteiger partial charge in [0, 0.05) is 6.26 Å². The molecular formula is C12H20OS. The van der Waals surface area contributed by atoms with Crippen molar-refractivity contribution in [1.29, 1.82) is 0 Å². The van der Waals surface area contributed by atoms with Crippen molar-refractivity contribution in [3.05, 3.63) is 36.1 Å². The third-order valence-corrected chi connectivity index (χ3v) is 2.17. The zero-order valence-corrected chi connectivity index (χ0v) is 10.6. The van der Waals surface area contributed by atoms with Crippen molar-refractivity contribution in [2.45, 2.75) is 27.7 Å². The molecule has 0 atom stereocenters. The molecule has 80 valence electrons. The van der Waals surface area contributed by atoms with Crippen LogP contribution in [-0.4, -0.2) is 6.26 Å². The molecule has 0 fully saturated rings. The fraction of sp³-hybridized carbons (Fsp3) is 0.500. The normalized spacial score (nSPS) is 14.1. The summed E-state index contributed by atoms with van der Waals surface area (Å²) in [7, 11) is 0. The molecule has 0 bridgehead atoms. The minimum absolute atomic E-state index is 0.122. The fourth-order valence-corrected chi connectivity index (χ4v) is 1.33. The molecule has 0 heterocycles. The Morgan fingerprint density at radius 1 is 1.36 bits per heavy atom. The van der Waals surface area contributed by atoms with E-state index in [0.29, 0.717) is 0 Å². The molecule has 0 amide bonds. The van der Waals surface area contributed by atoms with E-state index >= 15 is 0 Å². The monoisotopic (exact) mass is 212 g/mol. The Morgan fingerprint density at radius 3 is 2.29 bits per heavy atom. The quantitative estimate of drug-likeness (QED) is 0.389. The van der Waals surface area contributed by atoms with Gasteiger partial charge in [-0.15, -0.1) is 0 Å². The third kappa shape index (κ3) is 5.18. The minimum atomic E-state index is 0.122. The van der Waals surface area contributed by atoms with Crippen LogP contribution in [0.25, 0.3) is 0 Å². The highest BCUT2D eigenvalue weighted by Crippen LogP contribution is 2.27. The molecule has 14 heavy (non-hydrogen) atoms. The van der Waals surface area contributed by atoms with Crippen molar-refractivity contribution in [2.24, 2.45) is 5.41 Å². The van der Waals surface area contributed by atoms with Crippen molar-refractivity contribution >= 4 is 12.0 Å². The molecule has 0 aliphatic heterocycles. The number of rotatable bonds is 4. The zero-order chi connectivity index (χ0) is 11.2. The Hall–Kier alpha value is -0.630. The molecule has 0 saturated heterocycles. The maximum atomic E-state index is 5.32. The van der Waals surface area contributed by atoms with Crippen LogP contribution >= 0.6 is 12.0 Å². The van der Waals surface area contributed by atoms with Gasteiger partial charge in [-0.3, -0.25) is 0 Å². The van der Waals surface area contributed by atoms with Crippen LogP contribution in [0.1, 0.15) is 27.7 Å². The average molecular weight is 212 g/mol. The molecule has 0 aromatic rings. The van der Waals surface area contributed by atoms with E-state index < -0.39 is 0 Å². The molecule has 0 N–H and O–H groups in total. The van der Waals surface area contributed by atoms with Crippen LogP contribution in [-0.2, 0) is 4.18 Å². The number of hydrogen-bond donors (Lipinski definition) is 0. The second-order valence-electron chi connectivity index (χ2n) is 4.11. The summed E-state index contributed by atoms with van der Waals surface area (Å²) in [5, 5.41) is 0. The van der Waals surface area contributed by atoms with Gasteiger partial charge in [0.05, 0.1) is 12.0 Å². The standard InChI is InChI=1S/C12H20OS/c1-7-8-11(12(3,4)5)9-10(2)13-14-6/h7-9H,1H2,2-6H3/b10-9+,11-8+. The van der Waals surface area contributed by atoms with Crippen LogP contribution in [0.15, 0.2) is 36.1 Å². The first-order valence-electron chi connectivity index (χ1n) is 4.64. The Labute approximate surface area is 92.1 Å². The lowest BCUT2D eigenvalue weighted by Gasteiger charge is -2.20. The number of hydrogen-bond acceptors (Lipinski definition) is 2. The zero-order valence-electron chi connectivity index (χ0n) is 9.76. The highest BCUT2D eigenvalue weighted by Gasteiger charge is 2.14. The second kappa shape index (κ2) is 5.97. The molecule has 2 heteroatoms. The van der Waals surface area contributed by atoms with Gasteiger partial charge < -0.3 is 4.18 Å². The number of allylic oxidation sites excluding steroid dienone is 5. The lowest BCUT2D eigenvalue weighted by Crippen LogP contribution is -2.07. The van der Waals surface area contributed by atoms with E-state index in [1.165, 1.54) is 17.6 Å². The van der Waals surface area contributed by atoms with Gasteiger partial charge in [0.2, 0.25) is 0 Å². The Balaban J connectivity index is 4.79. The molecule has 0 aliphatic rings. The maximum Gasteiger partial charge on any atom is 0.111 e. The topological polar surface area (TPSA) is 9.23 Å². The van der Waals surface area contributed by atoms with Crippen LogP contribution < -0.4 is 0 Å². The smallest absolute Gasteiger partial charge is 0.111 e. The van der Waals surface area contributed by atoms with E-state index in [0.717, 1.165) is 5.76 Å². The van der Waals surface area contributed by atoms with Crippen molar-refractivity contribution < 1.29 is 4.18 Å². The van der Waals surface area contributed by atoms with E-state index in [-0.39, 0.29) is 5.41 Å². The molecule has 0 unspecified atom stereocenters. The Morgan fingerprint density at radius 2 is 1.93 bits per heavy atom. The summed E-state index contributed by atoms with van der Waals surface area (Å²) in [6, 6.07) is 0. The predicted octanol–water partition coefficient (Wildman–Crippen LogP) is 4.34. The summed E-state index contributed by atoms with van der Waals surface area (Å²) in [5.41, 5.74) is 1.34. The molecule has 0 radical (unpaired) electrons. The van der Waals surface area contributed by atoms with Gasteiger partial charge >= 0.3 is 0 Å². The van der Waals surface area contributed by atoms with E-state index in [2.05, 4.69) is 33.4 Å². The second-order valence-corrected chi connectivity index (χ2v) is 4.61. The SMILES string of the molecule is C=C/C=C(\C=C(/C)OSC)C(C)(C)C. The minimum Gasteiger partial charge on any atom is -0.431 e. The van der Waals surface area contributed by atoms with Crippen molar-refractivity contribution in [2.75, 3.05) is 6.26 Å². The maximum absolute atomic E-state index is 5.32. The molecule has 1 nitrogen and oxygen atoms in total. The largest absolute Gasteiger partial charge is 0.431 e. The first-order chi connectivity index (χ1) is 6.41. The van der Waals surface area contributed by atoms with Crippen LogP contribution in [0.2, 0.25) is 0 Å². The summed E-state index contributed by atoms with van der Waals surface area (Å²) in [4.78, 5) is 0. The van der Waals surface area contributed by atoms with Gasteiger partial charge in [-0.2, -0.15) is 0 Å². The van der Waals surface area contributed by atoms with Gasteiger partial charge in [-0.25, -0.2) is 0 Å². The lowest BCUT2D eigenvalue weighted by molar-refractivity contribution is 0.484. The summed E-state index contributed by atoms with van der Waals surface area (Å²) in [6.45, 7) is 12.2. The summed E-state index contributed by atoms with van der Waals surface area (Å²) < 4.78 is 5.32. The van der Waals surface area contributed by atoms with Crippen LogP contribution in [0.3, 0.4) is 0 Å².